The van der Waals surface area contributed by atoms with Gasteiger partial charge >= 0.3 is 0 Å². The van der Waals surface area contributed by atoms with E-state index in [-0.39, 0.29) is 6.04 Å². The van der Waals surface area contributed by atoms with Crippen molar-refractivity contribution in [2.45, 2.75) is 45.1 Å². The van der Waals surface area contributed by atoms with Crippen LogP contribution in [-0.2, 0) is 6.42 Å². The highest BCUT2D eigenvalue weighted by molar-refractivity contribution is 5.44. The fraction of sp³-hybridized carbons (Fsp3) is 0.643. The Balaban J connectivity index is 1.93. The Bertz CT molecular complexity index is 356. The maximum Gasteiger partial charge on any atom is 0.0378 e. The van der Waals surface area contributed by atoms with Gasteiger partial charge in [0, 0.05) is 24.1 Å². The van der Waals surface area contributed by atoms with E-state index in [1.165, 1.54) is 25.7 Å². The summed E-state index contributed by atoms with van der Waals surface area (Å²) in [4.78, 5) is 4.12. The van der Waals surface area contributed by atoms with Crippen molar-refractivity contribution in [3.8, 4) is 0 Å². The summed E-state index contributed by atoms with van der Waals surface area (Å²) in [5, 5.41) is 0. The molecule has 0 spiro atoms. The zero-order valence-corrected chi connectivity index (χ0v) is 10.6. The summed E-state index contributed by atoms with van der Waals surface area (Å²) < 4.78 is 0. The monoisotopic (exact) mass is 233 g/mol. The zero-order valence-electron chi connectivity index (χ0n) is 10.6. The lowest BCUT2D eigenvalue weighted by atomic mass is 9.78. The van der Waals surface area contributed by atoms with Crippen LogP contribution in [0.5, 0.6) is 0 Å². The maximum atomic E-state index is 6.31. The van der Waals surface area contributed by atoms with Gasteiger partial charge in [-0.3, -0.25) is 4.98 Å². The molecule has 0 radical (unpaired) electrons. The minimum Gasteiger partial charge on any atom is -0.398 e. The van der Waals surface area contributed by atoms with Crippen molar-refractivity contribution in [1.29, 1.82) is 0 Å². The Morgan fingerprint density at radius 3 is 2.71 bits per heavy atom. The van der Waals surface area contributed by atoms with E-state index < -0.39 is 0 Å². The highest BCUT2D eigenvalue weighted by Crippen LogP contribution is 2.31. The van der Waals surface area contributed by atoms with Gasteiger partial charge in [-0.1, -0.05) is 19.8 Å². The molecule has 94 valence electrons. The van der Waals surface area contributed by atoms with Gasteiger partial charge in [0.1, 0.15) is 0 Å². The van der Waals surface area contributed by atoms with Crippen LogP contribution >= 0.6 is 0 Å². The molecule has 1 aliphatic carbocycles. The number of nitrogen functional groups attached to an aromatic ring is 1. The third-order valence-corrected chi connectivity index (χ3v) is 4.06. The van der Waals surface area contributed by atoms with Crippen LogP contribution in [0.2, 0.25) is 0 Å². The van der Waals surface area contributed by atoms with E-state index in [0.29, 0.717) is 5.92 Å². The Morgan fingerprint density at radius 2 is 2.06 bits per heavy atom. The number of aromatic nitrogens is 1. The van der Waals surface area contributed by atoms with E-state index >= 15 is 0 Å². The summed E-state index contributed by atoms with van der Waals surface area (Å²) in [7, 11) is 0. The predicted octanol–water partition coefficient (Wildman–Crippen LogP) is 2.36. The van der Waals surface area contributed by atoms with Crippen molar-refractivity contribution in [2.24, 2.45) is 17.6 Å². The van der Waals surface area contributed by atoms with Crippen molar-refractivity contribution in [3.63, 3.8) is 0 Å². The molecule has 1 aliphatic rings. The third-order valence-electron chi connectivity index (χ3n) is 4.06. The van der Waals surface area contributed by atoms with Gasteiger partial charge < -0.3 is 11.5 Å². The molecule has 1 heterocycles. The Hall–Kier alpha value is -1.09. The zero-order chi connectivity index (χ0) is 12.3. The normalized spacial score (nSPS) is 26.7. The largest absolute Gasteiger partial charge is 0.398 e. The van der Waals surface area contributed by atoms with Crippen LogP contribution in [-0.4, -0.2) is 11.0 Å². The average molecular weight is 233 g/mol. The maximum absolute atomic E-state index is 6.31. The van der Waals surface area contributed by atoms with Crippen molar-refractivity contribution < 1.29 is 0 Å². The molecular formula is C14H23N3. The summed E-state index contributed by atoms with van der Waals surface area (Å²) >= 11 is 0. The second-order valence-electron chi connectivity index (χ2n) is 5.46. The van der Waals surface area contributed by atoms with E-state index in [1.807, 2.05) is 12.3 Å². The molecule has 1 aromatic rings. The SMILES string of the molecule is CC1CCC(C(N)Cc2cnccc2N)CC1. The Morgan fingerprint density at radius 1 is 1.35 bits per heavy atom. The van der Waals surface area contributed by atoms with Crippen molar-refractivity contribution in [2.75, 3.05) is 5.73 Å². The van der Waals surface area contributed by atoms with Gasteiger partial charge in [0.05, 0.1) is 0 Å². The number of rotatable bonds is 3. The summed E-state index contributed by atoms with van der Waals surface area (Å²) in [6.45, 7) is 2.33. The van der Waals surface area contributed by atoms with Crippen LogP contribution in [0.25, 0.3) is 0 Å². The van der Waals surface area contributed by atoms with Crippen molar-refractivity contribution >= 4 is 5.69 Å². The first-order chi connectivity index (χ1) is 8.16. The standard InChI is InChI=1S/C14H23N3/c1-10-2-4-11(5-3-10)14(16)8-12-9-17-7-6-13(12)15/h6-7,9-11,14H,2-5,8,16H2,1H3,(H2,15,17). The second-order valence-corrected chi connectivity index (χ2v) is 5.46. The van der Waals surface area contributed by atoms with E-state index in [2.05, 4.69) is 11.9 Å². The molecule has 2 rings (SSSR count). The molecule has 0 bridgehead atoms. The van der Waals surface area contributed by atoms with E-state index in [0.717, 1.165) is 23.6 Å². The smallest absolute Gasteiger partial charge is 0.0378 e. The molecule has 17 heavy (non-hydrogen) atoms. The molecule has 0 aliphatic heterocycles. The van der Waals surface area contributed by atoms with Gasteiger partial charge in [-0.2, -0.15) is 0 Å². The molecule has 1 aromatic heterocycles. The minimum atomic E-state index is 0.231. The molecule has 1 fully saturated rings. The molecule has 1 unspecified atom stereocenters. The molecule has 0 saturated heterocycles. The molecule has 0 aromatic carbocycles. The third kappa shape index (κ3) is 3.19. The van der Waals surface area contributed by atoms with Crippen LogP contribution in [0.15, 0.2) is 18.5 Å². The van der Waals surface area contributed by atoms with Crippen LogP contribution in [0.4, 0.5) is 5.69 Å². The molecular weight excluding hydrogens is 210 g/mol. The van der Waals surface area contributed by atoms with Gasteiger partial charge in [0.25, 0.3) is 0 Å². The molecule has 4 N–H and O–H groups in total. The van der Waals surface area contributed by atoms with Crippen LogP contribution < -0.4 is 11.5 Å². The fourth-order valence-electron chi connectivity index (χ4n) is 2.74. The first kappa shape index (κ1) is 12.4. The minimum absolute atomic E-state index is 0.231. The van der Waals surface area contributed by atoms with Gasteiger partial charge in [0.2, 0.25) is 0 Å². The van der Waals surface area contributed by atoms with Gasteiger partial charge in [-0.05, 0) is 42.7 Å². The van der Waals surface area contributed by atoms with E-state index in [1.54, 1.807) is 6.20 Å². The van der Waals surface area contributed by atoms with Gasteiger partial charge in [-0.25, -0.2) is 0 Å². The topological polar surface area (TPSA) is 64.9 Å². The number of hydrogen-bond donors (Lipinski definition) is 2. The van der Waals surface area contributed by atoms with E-state index in [9.17, 15) is 0 Å². The molecule has 1 saturated carbocycles. The summed E-state index contributed by atoms with van der Waals surface area (Å²) in [5.74, 6) is 1.53. The number of pyridine rings is 1. The molecule has 1 atom stereocenters. The van der Waals surface area contributed by atoms with Crippen LogP contribution in [0, 0.1) is 11.8 Å². The fourth-order valence-corrected chi connectivity index (χ4v) is 2.74. The molecule has 3 nitrogen and oxygen atoms in total. The predicted molar refractivity (Wildman–Crippen MR) is 71.5 cm³/mol. The number of nitrogens with zero attached hydrogens (tertiary/aromatic N) is 1. The highest BCUT2D eigenvalue weighted by atomic mass is 14.7. The quantitative estimate of drug-likeness (QED) is 0.842. The Kier molecular flexibility index (Phi) is 4.00. The number of nitrogens with two attached hydrogens (primary N) is 2. The highest BCUT2D eigenvalue weighted by Gasteiger charge is 2.24. The summed E-state index contributed by atoms with van der Waals surface area (Å²) in [5.41, 5.74) is 14.2. The first-order valence-electron chi connectivity index (χ1n) is 6.60. The van der Waals surface area contributed by atoms with Gasteiger partial charge in [-0.15, -0.1) is 0 Å². The molecule has 0 amide bonds. The lowest BCUT2D eigenvalue weighted by Crippen LogP contribution is -2.34. The summed E-state index contributed by atoms with van der Waals surface area (Å²) in [6.07, 6.45) is 9.61. The lowest BCUT2D eigenvalue weighted by Gasteiger charge is -2.30. The van der Waals surface area contributed by atoms with Crippen molar-refractivity contribution in [3.05, 3.63) is 24.0 Å². The van der Waals surface area contributed by atoms with E-state index in [4.69, 9.17) is 11.5 Å². The molecule has 3 heteroatoms. The van der Waals surface area contributed by atoms with Crippen LogP contribution in [0.3, 0.4) is 0 Å². The summed E-state index contributed by atoms with van der Waals surface area (Å²) in [6, 6.07) is 2.08. The Labute approximate surface area is 104 Å². The first-order valence-corrected chi connectivity index (χ1v) is 6.60. The second kappa shape index (κ2) is 5.50. The van der Waals surface area contributed by atoms with Gasteiger partial charge in [0.15, 0.2) is 0 Å². The average Bonchev–Trinajstić information content (AvgIpc) is 2.33. The van der Waals surface area contributed by atoms with Crippen LogP contribution in [0.1, 0.15) is 38.2 Å². The van der Waals surface area contributed by atoms with Crippen molar-refractivity contribution in [1.82, 2.24) is 4.98 Å². The lowest BCUT2D eigenvalue weighted by molar-refractivity contribution is 0.253. The number of anilines is 1. The number of hydrogen-bond acceptors (Lipinski definition) is 3.